The van der Waals surface area contributed by atoms with Gasteiger partial charge in [-0.1, -0.05) is 0 Å². The first kappa shape index (κ1) is 29.1. The van der Waals surface area contributed by atoms with E-state index >= 15 is 0 Å². The van der Waals surface area contributed by atoms with E-state index in [1.807, 2.05) is 0 Å². The SMILES string of the molecule is CC1O[C@@H](OP(=O)([O-])OP(=O)([O-])OC[C@H]2O[C@@H](n3cnc4c(=O)[nH]c(N)nc43)C(O)C2O)C(O)C(O)[C@H]1O. The number of ether oxygens (including phenoxy) is 2. The minimum atomic E-state index is -5.82. The Bertz CT molecular complexity index is 1320. The number of H-pyrrole nitrogens is 1. The molecule has 214 valence electrons. The van der Waals surface area contributed by atoms with Gasteiger partial charge in [-0.2, -0.15) is 4.98 Å². The molecule has 7 unspecified atom stereocenters. The number of fused-ring (bicyclic) bond motifs is 1. The fourth-order valence-corrected chi connectivity index (χ4v) is 5.86. The van der Waals surface area contributed by atoms with Gasteiger partial charge in [-0.15, -0.1) is 0 Å². The molecule has 4 heterocycles. The lowest BCUT2D eigenvalue weighted by Crippen LogP contribution is -2.57. The molecule has 2 aliphatic heterocycles. The van der Waals surface area contributed by atoms with Gasteiger partial charge in [0.15, 0.2) is 23.7 Å². The van der Waals surface area contributed by atoms with Crippen LogP contribution in [0, 0.1) is 0 Å². The van der Waals surface area contributed by atoms with Crippen LogP contribution in [0.15, 0.2) is 11.1 Å². The van der Waals surface area contributed by atoms with E-state index < -0.39 is 83.1 Å². The molecule has 2 aliphatic rings. The summed E-state index contributed by atoms with van der Waals surface area (Å²) >= 11 is 0. The molecule has 0 radical (unpaired) electrons. The first-order valence-electron chi connectivity index (χ1n) is 10.7. The van der Waals surface area contributed by atoms with Crippen molar-refractivity contribution in [2.75, 3.05) is 12.3 Å². The molecule has 38 heavy (non-hydrogen) atoms. The molecule has 2 saturated heterocycles. The Morgan fingerprint density at radius 2 is 1.76 bits per heavy atom. The van der Waals surface area contributed by atoms with E-state index in [9.17, 15) is 49.2 Å². The maximum absolute atomic E-state index is 12.1. The third-order valence-corrected chi connectivity index (χ3v) is 8.23. The van der Waals surface area contributed by atoms with Crippen molar-refractivity contribution < 1.29 is 67.3 Å². The lowest BCUT2D eigenvalue weighted by atomic mass is 10.0. The minimum Gasteiger partial charge on any atom is -0.756 e. The van der Waals surface area contributed by atoms with Crippen LogP contribution in [0.4, 0.5) is 5.95 Å². The molecule has 0 aromatic carbocycles. The van der Waals surface area contributed by atoms with E-state index in [1.165, 1.54) is 6.92 Å². The number of nitrogen functional groups attached to an aromatic ring is 1. The standard InChI is InChI=1S/C16H25N5O15P2/c1-4-7(22)9(24)11(26)15(33-4)35-38(30,31)36-37(28,29)32-2-5-8(23)10(25)14(34-5)21-3-18-6-12(21)19-16(17)20-13(6)27/h3-5,7-11,14-15,22-26H,2H2,1H3,(H,28,29)(H,30,31)(H3,17,19,20,27)/p-2/t4?,5-,7+,8?,9?,10?,11?,14-,15+/m1/s1. The highest BCUT2D eigenvalue weighted by atomic mass is 31.3. The molecule has 8 N–H and O–H groups in total. The largest absolute Gasteiger partial charge is 0.756 e. The molecule has 0 spiro atoms. The Labute approximate surface area is 211 Å². The van der Waals surface area contributed by atoms with Crippen LogP contribution in [0.5, 0.6) is 0 Å². The number of anilines is 1. The van der Waals surface area contributed by atoms with E-state index in [2.05, 4.69) is 28.3 Å². The van der Waals surface area contributed by atoms with E-state index in [0.29, 0.717) is 0 Å². The molecule has 4 rings (SSSR count). The zero-order valence-electron chi connectivity index (χ0n) is 19.1. The second-order valence-corrected chi connectivity index (χ2v) is 11.3. The number of nitrogens with two attached hydrogens (primary N) is 1. The van der Waals surface area contributed by atoms with Crippen LogP contribution in [0.3, 0.4) is 0 Å². The molecular formula is C16H23N5O15P2-2. The molecule has 22 heteroatoms. The van der Waals surface area contributed by atoms with Crippen molar-refractivity contribution in [2.24, 2.45) is 0 Å². The molecule has 0 aliphatic carbocycles. The number of hydrogen-bond acceptors (Lipinski definition) is 18. The van der Waals surface area contributed by atoms with E-state index in [4.69, 9.17) is 15.2 Å². The molecule has 0 bridgehead atoms. The van der Waals surface area contributed by atoms with E-state index in [0.717, 1.165) is 10.9 Å². The highest BCUT2D eigenvalue weighted by Crippen LogP contribution is 2.57. The lowest BCUT2D eigenvalue weighted by molar-refractivity contribution is -0.299. The fraction of sp³-hybridized carbons (Fsp3) is 0.688. The number of phosphoric ester groups is 2. The van der Waals surface area contributed by atoms with Gasteiger partial charge in [-0.3, -0.25) is 28.0 Å². The van der Waals surface area contributed by atoms with E-state index in [-0.39, 0.29) is 17.1 Å². The van der Waals surface area contributed by atoms with Crippen molar-refractivity contribution in [1.82, 2.24) is 19.5 Å². The van der Waals surface area contributed by atoms with Crippen LogP contribution >= 0.6 is 15.6 Å². The summed E-state index contributed by atoms with van der Waals surface area (Å²) < 4.78 is 48.3. The van der Waals surface area contributed by atoms with Crippen LogP contribution in [0.25, 0.3) is 11.2 Å². The van der Waals surface area contributed by atoms with Gasteiger partial charge in [0, 0.05) is 0 Å². The fourth-order valence-electron chi connectivity index (χ4n) is 3.78. The maximum atomic E-state index is 12.1. The summed E-state index contributed by atoms with van der Waals surface area (Å²) in [6.07, 6.45) is -14.3. The second-order valence-electron chi connectivity index (χ2n) is 8.38. The third-order valence-electron chi connectivity index (χ3n) is 5.70. The Balaban J connectivity index is 1.39. The number of aliphatic hydroxyl groups excluding tert-OH is 5. The Hall–Kier alpha value is -1.87. The van der Waals surface area contributed by atoms with Gasteiger partial charge in [-0.25, -0.2) is 9.29 Å². The second kappa shape index (κ2) is 10.6. The summed E-state index contributed by atoms with van der Waals surface area (Å²) in [5, 5.41) is 49.9. The predicted molar refractivity (Wildman–Crippen MR) is 114 cm³/mol. The van der Waals surface area contributed by atoms with Gasteiger partial charge in [-0.05, 0) is 6.92 Å². The zero-order valence-corrected chi connectivity index (χ0v) is 20.9. The van der Waals surface area contributed by atoms with Crippen molar-refractivity contribution in [1.29, 1.82) is 0 Å². The molecule has 0 saturated carbocycles. The molecule has 20 nitrogen and oxygen atoms in total. The predicted octanol–water partition coefficient (Wildman–Crippen LogP) is -4.86. The minimum absolute atomic E-state index is 0.120. The molecule has 2 fully saturated rings. The van der Waals surface area contributed by atoms with Crippen molar-refractivity contribution in [3.8, 4) is 0 Å². The van der Waals surface area contributed by atoms with Crippen molar-refractivity contribution >= 4 is 32.8 Å². The number of aliphatic hydroxyl groups is 5. The highest BCUT2D eigenvalue weighted by Gasteiger charge is 2.46. The number of phosphoric acid groups is 2. The maximum Gasteiger partial charge on any atom is 0.280 e. The molecule has 0 amide bonds. The van der Waals surface area contributed by atoms with Gasteiger partial charge in [0.2, 0.25) is 5.95 Å². The van der Waals surface area contributed by atoms with Crippen LogP contribution in [-0.4, -0.2) is 101 Å². The summed E-state index contributed by atoms with van der Waals surface area (Å²) in [6.45, 7) is 0.168. The Morgan fingerprint density at radius 1 is 1.08 bits per heavy atom. The topological polar surface area (TPSA) is 317 Å². The third kappa shape index (κ3) is 5.83. The van der Waals surface area contributed by atoms with Crippen LogP contribution in [0.1, 0.15) is 13.2 Å². The van der Waals surface area contributed by atoms with Gasteiger partial charge in [0.25, 0.3) is 21.2 Å². The number of rotatable bonds is 8. The zero-order chi connectivity index (χ0) is 28.2. The van der Waals surface area contributed by atoms with Crippen molar-refractivity contribution in [3.05, 3.63) is 16.7 Å². The number of aromatic amines is 1. The number of aromatic nitrogens is 4. The van der Waals surface area contributed by atoms with Crippen LogP contribution < -0.4 is 21.1 Å². The Kier molecular flexibility index (Phi) is 8.12. The summed E-state index contributed by atoms with van der Waals surface area (Å²) in [4.78, 5) is 46.1. The quantitative estimate of drug-likeness (QED) is 0.142. The lowest BCUT2D eigenvalue weighted by Gasteiger charge is -2.41. The average Bonchev–Trinajstić information content (AvgIpc) is 3.35. The van der Waals surface area contributed by atoms with Gasteiger partial charge >= 0.3 is 0 Å². The van der Waals surface area contributed by atoms with E-state index in [1.54, 1.807) is 0 Å². The molecular weight excluding hydrogens is 564 g/mol. The summed E-state index contributed by atoms with van der Waals surface area (Å²) in [5.74, 6) is -0.280. The van der Waals surface area contributed by atoms with Gasteiger partial charge in [0.1, 0.15) is 36.6 Å². The van der Waals surface area contributed by atoms with Crippen LogP contribution in [-0.2, 0) is 32.0 Å². The smallest absolute Gasteiger partial charge is 0.280 e. The average molecular weight is 587 g/mol. The summed E-state index contributed by atoms with van der Waals surface area (Å²) in [7, 11) is -11.6. The van der Waals surface area contributed by atoms with Gasteiger partial charge < -0.3 is 55.1 Å². The monoisotopic (exact) mass is 587 g/mol. The van der Waals surface area contributed by atoms with Crippen molar-refractivity contribution in [2.45, 2.75) is 62.2 Å². The molecule has 2 aromatic rings. The normalized spacial score (nSPS) is 37.2. The number of nitrogens with zero attached hydrogens (tertiary/aromatic N) is 3. The highest BCUT2D eigenvalue weighted by molar-refractivity contribution is 7.59. The number of nitrogens with one attached hydrogen (secondary N) is 1. The first-order valence-corrected chi connectivity index (χ1v) is 13.6. The van der Waals surface area contributed by atoms with Crippen molar-refractivity contribution in [3.63, 3.8) is 0 Å². The summed E-state index contributed by atoms with van der Waals surface area (Å²) in [5.41, 5.74) is 4.52. The first-order chi connectivity index (χ1) is 17.6. The molecule has 11 atom stereocenters. The molecule has 2 aromatic heterocycles. The van der Waals surface area contributed by atoms with Crippen LogP contribution in [0.2, 0.25) is 0 Å². The number of hydrogen-bond donors (Lipinski definition) is 7. The van der Waals surface area contributed by atoms with Gasteiger partial charge in [0.05, 0.1) is 19.0 Å². The summed E-state index contributed by atoms with van der Waals surface area (Å²) in [6, 6.07) is 0. The number of imidazole rings is 1. The Morgan fingerprint density at radius 3 is 2.45 bits per heavy atom.